The first-order valence-corrected chi connectivity index (χ1v) is 6.49. The average molecular weight is 251 g/mol. The number of hydrogen-bond acceptors (Lipinski definition) is 2. The molecule has 3 heterocycles. The van der Waals surface area contributed by atoms with E-state index in [1.807, 2.05) is 6.20 Å². The highest BCUT2D eigenvalue weighted by Crippen LogP contribution is 2.26. The molecule has 1 unspecified atom stereocenters. The molecule has 0 radical (unpaired) electrons. The van der Waals surface area contributed by atoms with Crippen LogP contribution in [0.25, 0.3) is 5.57 Å². The van der Waals surface area contributed by atoms with Crippen molar-refractivity contribution in [3.8, 4) is 0 Å². The Hall–Kier alpha value is -1.06. The fraction of sp³-hybridized carbons (Fsp3) is 0.250. The summed E-state index contributed by atoms with van der Waals surface area (Å²) in [7, 11) is 0. The van der Waals surface area contributed by atoms with Crippen LogP contribution in [0.5, 0.6) is 0 Å². The smallest absolute Gasteiger partial charge is 0.132 e. The number of rotatable bonds is 1. The van der Waals surface area contributed by atoms with Crippen molar-refractivity contribution in [1.29, 1.82) is 0 Å². The number of nitrogens with zero attached hydrogens (tertiary/aromatic N) is 1. The van der Waals surface area contributed by atoms with Gasteiger partial charge in [0.2, 0.25) is 0 Å². The maximum atomic E-state index is 6.37. The Morgan fingerprint density at radius 3 is 3.19 bits per heavy atom. The van der Waals surface area contributed by atoms with Crippen LogP contribution in [0.2, 0.25) is 0 Å². The standard InChI is InChI=1S/C12H11ClN2S/c1-7-4-10(16-6-7)11-8-2-3-14-12(8)15-5-9(11)13/h2-4,6,9H,5H2,1H3,(H,14,15). The summed E-state index contributed by atoms with van der Waals surface area (Å²) in [6.45, 7) is 2.76. The van der Waals surface area contributed by atoms with E-state index in [1.165, 1.54) is 16.0 Å². The number of aryl methyl sites for hydroxylation is 1. The average Bonchev–Trinajstić information content (AvgIpc) is 2.86. The number of aromatic nitrogens is 1. The van der Waals surface area contributed by atoms with Crippen LogP contribution in [0.4, 0.5) is 0 Å². The number of thiophene rings is 1. The monoisotopic (exact) mass is 250 g/mol. The summed E-state index contributed by atoms with van der Waals surface area (Å²) in [5.74, 6) is 0. The van der Waals surface area contributed by atoms with Crippen LogP contribution in [0.3, 0.4) is 0 Å². The second-order valence-electron chi connectivity index (χ2n) is 3.95. The number of nitrogens with one attached hydrogen (secondary N) is 1. The summed E-state index contributed by atoms with van der Waals surface area (Å²) in [6.07, 6.45) is 1.92. The van der Waals surface area contributed by atoms with E-state index in [0.717, 1.165) is 10.7 Å². The highest BCUT2D eigenvalue weighted by Gasteiger charge is 2.19. The molecule has 0 fully saturated rings. The van der Waals surface area contributed by atoms with Gasteiger partial charge in [-0.1, -0.05) is 0 Å². The lowest BCUT2D eigenvalue weighted by molar-refractivity contribution is 0.924. The first kappa shape index (κ1) is 10.1. The molecular formula is C12H11ClN2S. The summed E-state index contributed by atoms with van der Waals surface area (Å²) in [5, 5.41) is 3.29. The van der Waals surface area contributed by atoms with Gasteiger partial charge in [0.1, 0.15) is 5.49 Å². The molecule has 0 saturated heterocycles. The molecular weight excluding hydrogens is 240 g/mol. The Morgan fingerprint density at radius 1 is 1.56 bits per heavy atom. The molecule has 2 aromatic heterocycles. The largest absolute Gasteiger partial charge is 0.346 e. The number of H-pyrrole nitrogens is 1. The zero-order chi connectivity index (χ0) is 11.1. The molecule has 0 amide bonds. The minimum Gasteiger partial charge on any atom is -0.346 e. The number of fused-ring (bicyclic) bond motifs is 1. The molecule has 1 aliphatic heterocycles. The Morgan fingerprint density at radius 2 is 2.44 bits per heavy atom. The Kier molecular flexibility index (Phi) is 2.37. The molecule has 2 nitrogen and oxygen atoms in total. The third-order valence-corrected chi connectivity index (χ3v) is 4.17. The van der Waals surface area contributed by atoms with E-state index < -0.39 is 0 Å². The van der Waals surface area contributed by atoms with Crippen molar-refractivity contribution >= 4 is 28.5 Å². The molecule has 0 spiro atoms. The number of halogens is 1. The van der Waals surface area contributed by atoms with Gasteiger partial charge < -0.3 is 4.98 Å². The maximum Gasteiger partial charge on any atom is 0.132 e. The zero-order valence-corrected chi connectivity index (χ0v) is 10.4. The van der Waals surface area contributed by atoms with Gasteiger partial charge in [0.25, 0.3) is 0 Å². The summed E-state index contributed by atoms with van der Waals surface area (Å²) in [4.78, 5) is 8.81. The third kappa shape index (κ3) is 1.51. The minimum absolute atomic E-state index is 0.0126. The van der Waals surface area contributed by atoms with Crippen LogP contribution in [-0.4, -0.2) is 16.9 Å². The molecule has 0 saturated carbocycles. The highest BCUT2D eigenvalue weighted by atomic mass is 35.5. The fourth-order valence-electron chi connectivity index (χ4n) is 2.00. The van der Waals surface area contributed by atoms with E-state index in [1.54, 1.807) is 11.3 Å². The number of hydrogen-bond donors (Lipinski definition) is 1. The molecule has 1 aliphatic rings. The molecule has 4 heteroatoms. The lowest BCUT2D eigenvalue weighted by Crippen LogP contribution is -2.34. The van der Waals surface area contributed by atoms with E-state index in [0.29, 0.717) is 6.54 Å². The van der Waals surface area contributed by atoms with Gasteiger partial charge in [-0.05, 0) is 30.0 Å². The minimum atomic E-state index is -0.0126. The van der Waals surface area contributed by atoms with Crippen molar-refractivity contribution in [3.05, 3.63) is 44.9 Å². The molecule has 1 N–H and O–H groups in total. The molecule has 1 atom stereocenters. The maximum absolute atomic E-state index is 6.37. The van der Waals surface area contributed by atoms with Crippen molar-refractivity contribution in [1.82, 2.24) is 4.98 Å². The molecule has 0 bridgehead atoms. The number of aromatic amines is 1. The van der Waals surface area contributed by atoms with Crippen molar-refractivity contribution in [2.45, 2.75) is 12.3 Å². The van der Waals surface area contributed by atoms with Crippen LogP contribution < -0.4 is 10.7 Å². The van der Waals surface area contributed by atoms with E-state index in [9.17, 15) is 0 Å². The predicted molar refractivity (Wildman–Crippen MR) is 67.6 cm³/mol. The van der Waals surface area contributed by atoms with Crippen molar-refractivity contribution in [2.24, 2.45) is 4.99 Å². The van der Waals surface area contributed by atoms with Gasteiger partial charge in [0.15, 0.2) is 0 Å². The second-order valence-corrected chi connectivity index (χ2v) is 5.39. The molecule has 0 aromatic carbocycles. The Balaban J connectivity index is 2.33. The Bertz CT molecular complexity index is 638. The van der Waals surface area contributed by atoms with Gasteiger partial charge in [0.05, 0.1) is 11.9 Å². The first-order chi connectivity index (χ1) is 7.75. The van der Waals surface area contributed by atoms with Gasteiger partial charge in [-0.25, -0.2) is 0 Å². The van der Waals surface area contributed by atoms with E-state index >= 15 is 0 Å². The molecule has 16 heavy (non-hydrogen) atoms. The second kappa shape index (κ2) is 3.75. The van der Waals surface area contributed by atoms with Crippen LogP contribution in [-0.2, 0) is 0 Å². The van der Waals surface area contributed by atoms with E-state index in [2.05, 4.69) is 34.4 Å². The zero-order valence-electron chi connectivity index (χ0n) is 8.83. The van der Waals surface area contributed by atoms with Gasteiger partial charge in [-0.2, -0.15) is 0 Å². The highest BCUT2D eigenvalue weighted by molar-refractivity contribution is 7.11. The molecule has 0 aliphatic carbocycles. The van der Waals surface area contributed by atoms with Gasteiger partial charge in [-0.15, -0.1) is 22.9 Å². The van der Waals surface area contributed by atoms with Crippen molar-refractivity contribution < 1.29 is 0 Å². The fourth-order valence-corrected chi connectivity index (χ4v) is 3.38. The third-order valence-electron chi connectivity index (χ3n) is 2.73. The van der Waals surface area contributed by atoms with E-state index in [-0.39, 0.29) is 5.38 Å². The number of alkyl halides is 1. The van der Waals surface area contributed by atoms with Crippen molar-refractivity contribution in [3.63, 3.8) is 0 Å². The van der Waals surface area contributed by atoms with Gasteiger partial charge in [-0.3, -0.25) is 4.99 Å². The Labute approximate surface area is 102 Å². The lowest BCUT2D eigenvalue weighted by Gasteiger charge is -2.13. The summed E-state index contributed by atoms with van der Waals surface area (Å²) in [6, 6.07) is 4.25. The normalized spacial score (nSPS) is 19.4. The van der Waals surface area contributed by atoms with Crippen molar-refractivity contribution in [2.75, 3.05) is 6.54 Å². The summed E-state index contributed by atoms with van der Waals surface area (Å²) >= 11 is 8.12. The topological polar surface area (TPSA) is 28.1 Å². The van der Waals surface area contributed by atoms with Gasteiger partial charge in [0, 0.05) is 21.9 Å². The lowest BCUT2D eigenvalue weighted by atomic mass is 10.1. The van der Waals surface area contributed by atoms with Crippen LogP contribution >= 0.6 is 22.9 Å². The molecule has 2 aromatic rings. The molecule has 3 rings (SSSR count). The van der Waals surface area contributed by atoms with Gasteiger partial charge >= 0.3 is 0 Å². The summed E-state index contributed by atoms with van der Waals surface area (Å²) in [5.41, 5.74) is 3.46. The van der Waals surface area contributed by atoms with Crippen LogP contribution in [0.1, 0.15) is 10.4 Å². The van der Waals surface area contributed by atoms with E-state index in [4.69, 9.17) is 11.6 Å². The van der Waals surface area contributed by atoms with Crippen LogP contribution in [0, 0.1) is 6.92 Å². The first-order valence-electron chi connectivity index (χ1n) is 5.17. The van der Waals surface area contributed by atoms with Crippen LogP contribution in [0.15, 0.2) is 28.7 Å². The predicted octanol–water partition coefficient (Wildman–Crippen LogP) is 1.82. The SMILES string of the molecule is Cc1csc(C2=c3cc[nH]c3=NCC2Cl)c1. The quantitative estimate of drug-likeness (QED) is 0.748. The summed E-state index contributed by atoms with van der Waals surface area (Å²) < 4.78 is 0. The molecule has 82 valence electrons.